The number of fused-ring (bicyclic) bond motifs is 1. The van der Waals surface area contributed by atoms with E-state index < -0.39 is 0 Å². The van der Waals surface area contributed by atoms with Gasteiger partial charge in [-0.3, -0.25) is 0 Å². The molecule has 0 amide bonds. The zero-order valence-corrected chi connectivity index (χ0v) is 12.0. The van der Waals surface area contributed by atoms with Crippen LogP contribution in [0.25, 0.3) is 10.8 Å². The number of rotatable bonds is 3. The lowest BCUT2D eigenvalue weighted by atomic mass is 10.0. The minimum atomic E-state index is 0.0807. The molecule has 0 spiro atoms. The van der Waals surface area contributed by atoms with Crippen LogP contribution in [0.3, 0.4) is 0 Å². The topological polar surface area (TPSA) is 3.24 Å². The van der Waals surface area contributed by atoms with Gasteiger partial charge in [0.25, 0.3) is 0 Å². The van der Waals surface area contributed by atoms with Crippen LogP contribution in [-0.2, 0) is 0 Å². The molecule has 0 N–H and O–H groups in total. The average molecular weight is 262 g/mol. The molecule has 0 aliphatic rings. The predicted molar refractivity (Wildman–Crippen MR) is 81.8 cm³/mol. The van der Waals surface area contributed by atoms with Crippen molar-refractivity contribution in [2.45, 2.75) is 26.3 Å². The zero-order valence-electron chi connectivity index (χ0n) is 11.3. The highest BCUT2D eigenvalue weighted by molar-refractivity contribution is 6.18. The highest BCUT2D eigenvalue weighted by atomic mass is 35.5. The van der Waals surface area contributed by atoms with Gasteiger partial charge >= 0.3 is 0 Å². The maximum absolute atomic E-state index is 5.93. The van der Waals surface area contributed by atoms with Crippen LogP contribution in [-0.4, -0.2) is 18.0 Å². The summed E-state index contributed by atoms with van der Waals surface area (Å²) in [7, 11) is 0. The van der Waals surface area contributed by atoms with Gasteiger partial charge in [0.15, 0.2) is 0 Å². The first-order valence-electron chi connectivity index (χ1n) is 6.35. The van der Waals surface area contributed by atoms with Gasteiger partial charge in [0, 0.05) is 23.7 Å². The van der Waals surface area contributed by atoms with Crippen molar-refractivity contribution in [1.82, 2.24) is 0 Å². The Kier molecular flexibility index (Phi) is 3.82. The number of halogens is 1. The highest BCUT2D eigenvalue weighted by Crippen LogP contribution is 2.27. The molecule has 0 aliphatic heterocycles. The van der Waals surface area contributed by atoms with Gasteiger partial charge in [-0.15, -0.1) is 11.6 Å². The van der Waals surface area contributed by atoms with Gasteiger partial charge in [-0.25, -0.2) is 0 Å². The van der Waals surface area contributed by atoms with E-state index in [2.05, 4.69) is 68.1 Å². The van der Waals surface area contributed by atoms with Gasteiger partial charge < -0.3 is 4.90 Å². The lowest BCUT2D eigenvalue weighted by molar-refractivity contribution is 0.514. The molecule has 0 atom stereocenters. The predicted octanol–water partition coefficient (Wildman–Crippen LogP) is 4.68. The molecule has 2 rings (SSSR count). The van der Waals surface area contributed by atoms with Crippen LogP contribution in [0.15, 0.2) is 42.5 Å². The van der Waals surface area contributed by atoms with Crippen molar-refractivity contribution < 1.29 is 0 Å². The standard InChI is InChI=1S/C16H20ClN/c1-16(2,3)18(11-10-17)15-9-8-13-6-4-5-7-14(13)12-15/h4-9,12H,10-11H2,1-3H3. The first kappa shape index (κ1) is 13.2. The molecule has 18 heavy (non-hydrogen) atoms. The molecule has 0 aliphatic carbocycles. The van der Waals surface area contributed by atoms with E-state index in [9.17, 15) is 0 Å². The minimum Gasteiger partial charge on any atom is -0.365 e. The SMILES string of the molecule is CC(C)(C)N(CCCl)c1ccc2ccccc2c1. The van der Waals surface area contributed by atoms with Crippen LogP contribution in [0, 0.1) is 0 Å². The van der Waals surface area contributed by atoms with E-state index in [-0.39, 0.29) is 5.54 Å². The average Bonchev–Trinajstić information content (AvgIpc) is 2.34. The molecule has 2 heteroatoms. The normalized spacial score (nSPS) is 11.8. The van der Waals surface area contributed by atoms with Crippen molar-refractivity contribution in [2.24, 2.45) is 0 Å². The second kappa shape index (κ2) is 5.19. The maximum atomic E-state index is 5.93. The largest absolute Gasteiger partial charge is 0.365 e. The van der Waals surface area contributed by atoms with Crippen LogP contribution >= 0.6 is 11.6 Å². The molecular formula is C16H20ClN. The lowest BCUT2D eigenvalue weighted by Crippen LogP contribution is -2.42. The molecule has 0 fully saturated rings. The Labute approximate surface area is 114 Å². The molecule has 0 bridgehead atoms. The lowest BCUT2D eigenvalue weighted by Gasteiger charge is -2.37. The summed E-state index contributed by atoms with van der Waals surface area (Å²) in [5, 5.41) is 2.56. The minimum absolute atomic E-state index is 0.0807. The summed E-state index contributed by atoms with van der Waals surface area (Å²) >= 11 is 5.93. The van der Waals surface area contributed by atoms with Crippen LogP contribution < -0.4 is 4.90 Å². The number of nitrogens with zero attached hydrogens (tertiary/aromatic N) is 1. The Morgan fingerprint density at radius 2 is 1.67 bits per heavy atom. The second-order valence-corrected chi connectivity index (χ2v) is 5.92. The van der Waals surface area contributed by atoms with Gasteiger partial charge in [-0.2, -0.15) is 0 Å². The van der Waals surface area contributed by atoms with Gasteiger partial charge in [0.1, 0.15) is 0 Å². The van der Waals surface area contributed by atoms with Crippen molar-refractivity contribution in [3.05, 3.63) is 42.5 Å². The van der Waals surface area contributed by atoms with Crippen LogP contribution in [0.5, 0.6) is 0 Å². The Morgan fingerprint density at radius 3 is 2.28 bits per heavy atom. The van der Waals surface area contributed by atoms with Crippen LogP contribution in [0.2, 0.25) is 0 Å². The van der Waals surface area contributed by atoms with E-state index in [1.165, 1.54) is 16.5 Å². The molecular weight excluding hydrogens is 242 g/mol. The van der Waals surface area contributed by atoms with E-state index in [4.69, 9.17) is 11.6 Å². The van der Waals surface area contributed by atoms with E-state index in [0.29, 0.717) is 5.88 Å². The zero-order chi connectivity index (χ0) is 13.2. The fourth-order valence-corrected chi connectivity index (χ4v) is 2.45. The van der Waals surface area contributed by atoms with E-state index in [1.54, 1.807) is 0 Å². The monoisotopic (exact) mass is 261 g/mol. The Morgan fingerprint density at radius 1 is 1.00 bits per heavy atom. The molecule has 2 aromatic carbocycles. The van der Waals surface area contributed by atoms with Gasteiger partial charge in [0.2, 0.25) is 0 Å². The summed E-state index contributed by atoms with van der Waals surface area (Å²) in [5.41, 5.74) is 1.32. The third-order valence-corrected chi connectivity index (χ3v) is 3.33. The summed E-state index contributed by atoms with van der Waals surface area (Å²) in [5.74, 6) is 0.643. The van der Waals surface area contributed by atoms with E-state index in [1.807, 2.05) is 0 Å². The third kappa shape index (κ3) is 2.78. The summed E-state index contributed by atoms with van der Waals surface area (Å²) in [6.45, 7) is 7.52. The Hall–Kier alpha value is -1.21. The van der Waals surface area contributed by atoms with Gasteiger partial charge in [-0.05, 0) is 43.7 Å². The summed E-state index contributed by atoms with van der Waals surface area (Å²) in [6.07, 6.45) is 0. The van der Waals surface area contributed by atoms with Crippen molar-refractivity contribution in [2.75, 3.05) is 17.3 Å². The molecule has 96 valence electrons. The smallest absolute Gasteiger partial charge is 0.0399 e. The number of hydrogen-bond acceptors (Lipinski definition) is 1. The van der Waals surface area contributed by atoms with Crippen molar-refractivity contribution in [3.8, 4) is 0 Å². The van der Waals surface area contributed by atoms with Gasteiger partial charge in [-0.1, -0.05) is 30.3 Å². The van der Waals surface area contributed by atoms with Crippen molar-refractivity contribution in [3.63, 3.8) is 0 Å². The van der Waals surface area contributed by atoms with Crippen molar-refractivity contribution in [1.29, 1.82) is 0 Å². The van der Waals surface area contributed by atoms with Gasteiger partial charge in [0.05, 0.1) is 0 Å². The maximum Gasteiger partial charge on any atom is 0.0399 e. The second-order valence-electron chi connectivity index (χ2n) is 5.54. The van der Waals surface area contributed by atoms with E-state index in [0.717, 1.165) is 6.54 Å². The van der Waals surface area contributed by atoms with Crippen LogP contribution in [0.4, 0.5) is 5.69 Å². The third-order valence-electron chi connectivity index (χ3n) is 3.16. The van der Waals surface area contributed by atoms with Crippen molar-refractivity contribution >= 4 is 28.1 Å². The fourth-order valence-electron chi connectivity index (χ4n) is 2.28. The Bertz CT molecular complexity index is 528. The molecule has 2 aromatic rings. The molecule has 0 unspecified atom stereocenters. The molecule has 0 saturated heterocycles. The highest BCUT2D eigenvalue weighted by Gasteiger charge is 2.21. The molecule has 0 saturated carbocycles. The molecule has 1 nitrogen and oxygen atoms in total. The Balaban J connectivity index is 2.44. The summed E-state index contributed by atoms with van der Waals surface area (Å²) in [4.78, 5) is 2.35. The summed E-state index contributed by atoms with van der Waals surface area (Å²) < 4.78 is 0. The summed E-state index contributed by atoms with van der Waals surface area (Å²) in [6, 6.07) is 15.0. The van der Waals surface area contributed by atoms with E-state index >= 15 is 0 Å². The first-order chi connectivity index (χ1) is 8.52. The number of benzene rings is 2. The van der Waals surface area contributed by atoms with Crippen LogP contribution in [0.1, 0.15) is 20.8 Å². The quantitative estimate of drug-likeness (QED) is 0.725. The molecule has 0 aromatic heterocycles. The number of hydrogen-bond donors (Lipinski definition) is 0. The fraction of sp³-hybridized carbons (Fsp3) is 0.375. The number of alkyl halides is 1. The first-order valence-corrected chi connectivity index (χ1v) is 6.88. The number of anilines is 1. The molecule has 0 radical (unpaired) electrons. The molecule has 0 heterocycles.